The minimum atomic E-state index is -3.91. The molecule has 1 aromatic heterocycles. The molecule has 1 atom stereocenters. The summed E-state index contributed by atoms with van der Waals surface area (Å²) in [4.78, 5) is 8.08. The van der Waals surface area contributed by atoms with Crippen molar-refractivity contribution in [2.24, 2.45) is 4.99 Å². The average molecular weight is 428 g/mol. The number of halogens is 2. The first-order chi connectivity index (χ1) is 14.4. The van der Waals surface area contributed by atoms with Gasteiger partial charge in [0.15, 0.2) is 0 Å². The van der Waals surface area contributed by atoms with Gasteiger partial charge in [-0.15, -0.1) is 0 Å². The van der Waals surface area contributed by atoms with Crippen LogP contribution in [0, 0.1) is 11.6 Å². The van der Waals surface area contributed by atoms with E-state index in [-0.39, 0.29) is 28.9 Å². The zero-order valence-corrected chi connectivity index (χ0v) is 16.7. The maximum absolute atomic E-state index is 14.3. The Morgan fingerprint density at radius 2 is 1.73 bits per heavy atom. The number of pyridine rings is 1. The van der Waals surface area contributed by atoms with Crippen molar-refractivity contribution in [2.75, 3.05) is 5.32 Å². The van der Waals surface area contributed by atoms with Crippen LogP contribution in [0.1, 0.15) is 29.7 Å². The number of aromatic nitrogens is 1. The fourth-order valence-corrected chi connectivity index (χ4v) is 4.52. The van der Waals surface area contributed by atoms with Gasteiger partial charge in [0.25, 0.3) is 10.0 Å². The quantitative estimate of drug-likeness (QED) is 0.663. The molecule has 0 fully saturated rings. The number of para-hydroxylation sites is 1. The molecule has 0 amide bonds. The summed E-state index contributed by atoms with van der Waals surface area (Å²) in [6.45, 7) is 1.64. The van der Waals surface area contributed by atoms with Crippen LogP contribution in [0.2, 0.25) is 0 Å². The zero-order valence-electron chi connectivity index (χ0n) is 15.9. The molecule has 2 aromatic carbocycles. The minimum absolute atomic E-state index is 0.0335. The number of guanidine groups is 1. The monoisotopic (exact) mass is 428 g/mol. The van der Waals surface area contributed by atoms with Crippen LogP contribution in [0.25, 0.3) is 0 Å². The maximum atomic E-state index is 14.3. The van der Waals surface area contributed by atoms with Gasteiger partial charge in [-0.2, -0.15) is 0 Å². The fourth-order valence-electron chi connectivity index (χ4n) is 3.35. The van der Waals surface area contributed by atoms with E-state index in [1.54, 1.807) is 37.3 Å². The molecular weight excluding hydrogens is 410 g/mol. The number of benzene rings is 2. The van der Waals surface area contributed by atoms with Crippen LogP contribution in [-0.2, 0) is 16.6 Å². The van der Waals surface area contributed by atoms with Crippen molar-refractivity contribution in [2.45, 2.75) is 24.3 Å². The number of fused-ring (bicyclic) bond motifs is 1. The predicted molar refractivity (Wildman–Crippen MR) is 110 cm³/mol. The van der Waals surface area contributed by atoms with E-state index in [2.05, 4.69) is 20.0 Å². The molecule has 1 aliphatic rings. The van der Waals surface area contributed by atoms with Crippen molar-refractivity contribution in [3.8, 4) is 0 Å². The smallest absolute Gasteiger partial charge is 0.266 e. The number of anilines is 1. The molecule has 0 spiro atoms. The number of aliphatic imine (C=N–C) groups is 1. The van der Waals surface area contributed by atoms with Crippen molar-refractivity contribution in [1.82, 2.24) is 9.71 Å². The van der Waals surface area contributed by atoms with Crippen molar-refractivity contribution in [3.63, 3.8) is 0 Å². The topological polar surface area (TPSA) is 83.4 Å². The molecule has 1 aliphatic heterocycles. The molecule has 2 heterocycles. The molecule has 0 radical (unpaired) electrons. The summed E-state index contributed by atoms with van der Waals surface area (Å²) in [5, 5.41) is 2.97. The van der Waals surface area contributed by atoms with Crippen molar-refractivity contribution in [1.29, 1.82) is 0 Å². The van der Waals surface area contributed by atoms with E-state index >= 15 is 0 Å². The number of nitrogens with one attached hydrogen (secondary N) is 2. The highest BCUT2D eigenvalue weighted by molar-refractivity contribution is 7.90. The van der Waals surface area contributed by atoms with E-state index in [4.69, 9.17) is 0 Å². The van der Waals surface area contributed by atoms with E-state index < -0.39 is 21.8 Å². The molecule has 0 saturated heterocycles. The lowest BCUT2D eigenvalue weighted by molar-refractivity contribution is 0.590. The first-order valence-electron chi connectivity index (χ1n) is 9.18. The van der Waals surface area contributed by atoms with Crippen molar-refractivity contribution >= 4 is 21.7 Å². The lowest BCUT2D eigenvalue weighted by atomic mass is 9.91. The number of rotatable bonds is 4. The van der Waals surface area contributed by atoms with Gasteiger partial charge < -0.3 is 5.32 Å². The molecule has 0 aliphatic carbocycles. The normalized spacial score (nSPS) is 17.0. The molecule has 9 heteroatoms. The minimum Gasteiger partial charge on any atom is -0.324 e. The van der Waals surface area contributed by atoms with Crippen LogP contribution < -0.4 is 10.0 Å². The molecule has 154 valence electrons. The van der Waals surface area contributed by atoms with Gasteiger partial charge in [0, 0.05) is 12.1 Å². The first-order valence-corrected chi connectivity index (χ1v) is 10.7. The second kappa shape index (κ2) is 7.83. The first kappa shape index (κ1) is 20.0. The predicted octanol–water partition coefficient (Wildman–Crippen LogP) is 3.77. The van der Waals surface area contributed by atoms with Crippen LogP contribution in [-0.4, -0.2) is 19.4 Å². The highest BCUT2D eigenvalue weighted by atomic mass is 32.2. The van der Waals surface area contributed by atoms with E-state index in [0.717, 1.165) is 0 Å². The second-order valence-electron chi connectivity index (χ2n) is 6.79. The third-order valence-electron chi connectivity index (χ3n) is 4.88. The SMILES string of the molecule is CC(c1ccccc1F)c1cccc2c1NC(=NCc1ncccc1F)NS2(=O)=O. The molecule has 30 heavy (non-hydrogen) atoms. The Kier molecular flexibility index (Phi) is 5.21. The molecule has 3 aromatic rings. The van der Waals surface area contributed by atoms with E-state index in [0.29, 0.717) is 16.8 Å². The summed E-state index contributed by atoms with van der Waals surface area (Å²) in [6.07, 6.45) is 1.43. The summed E-state index contributed by atoms with van der Waals surface area (Å²) in [6, 6.07) is 13.9. The number of nitrogens with zero attached hydrogens (tertiary/aromatic N) is 2. The molecule has 2 N–H and O–H groups in total. The summed E-state index contributed by atoms with van der Waals surface area (Å²) in [5.41, 5.74) is 1.44. The number of sulfonamides is 1. The summed E-state index contributed by atoms with van der Waals surface area (Å²) in [7, 11) is -3.91. The number of hydrogen-bond donors (Lipinski definition) is 2. The standard InChI is InChI=1S/C21H18F2N4O2S/c1-13(14-6-2-3-8-16(14)22)15-7-4-10-19-20(15)26-21(27-30(19,28)29)25-12-18-17(23)9-5-11-24-18/h2-11,13H,12H2,1H3,(H2,25,26,27). The molecule has 1 unspecified atom stereocenters. The van der Waals surface area contributed by atoms with Gasteiger partial charge in [-0.3, -0.25) is 4.98 Å². The Bertz CT molecular complexity index is 1250. The summed E-state index contributed by atoms with van der Waals surface area (Å²) in [5.74, 6) is -1.38. The van der Waals surface area contributed by atoms with E-state index in [1.807, 2.05) is 0 Å². The van der Waals surface area contributed by atoms with Gasteiger partial charge in [0.1, 0.15) is 16.5 Å². The second-order valence-corrected chi connectivity index (χ2v) is 8.44. The summed E-state index contributed by atoms with van der Waals surface area (Å²) >= 11 is 0. The lowest BCUT2D eigenvalue weighted by Crippen LogP contribution is -2.41. The molecular formula is C21H18F2N4O2S. The Balaban J connectivity index is 1.74. The number of hydrogen-bond acceptors (Lipinski definition) is 4. The zero-order chi connectivity index (χ0) is 21.3. The summed E-state index contributed by atoms with van der Waals surface area (Å²) < 4.78 is 56.0. The Hall–Kier alpha value is -3.33. The van der Waals surface area contributed by atoms with Crippen LogP contribution >= 0.6 is 0 Å². The van der Waals surface area contributed by atoms with Crippen LogP contribution in [0.4, 0.5) is 14.5 Å². The van der Waals surface area contributed by atoms with Crippen LogP contribution in [0.3, 0.4) is 0 Å². The van der Waals surface area contributed by atoms with Gasteiger partial charge >= 0.3 is 0 Å². The van der Waals surface area contributed by atoms with Gasteiger partial charge in [0.2, 0.25) is 5.96 Å². The average Bonchev–Trinajstić information content (AvgIpc) is 2.72. The van der Waals surface area contributed by atoms with Crippen molar-refractivity contribution in [3.05, 3.63) is 89.2 Å². The van der Waals surface area contributed by atoms with Gasteiger partial charge in [-0.05, 0) is 35.4 Å². The third-order valence-corrected chi connectivity index (χ3v) is 6.26. The highest BCUT2D eigenvalue weighted by Gasteiger charge is 2.30. The Morgan fingerprint density at radius 1 is 1.00 bits per heavy atom. The van der Waals surface area contributed by atoms with Crippen molar-refractivity contribution < 1.29 is 17.2 Å². The Labute approximate surface area is 172 Å². The van der Waals surface area contributed by atoms with Gasteiger partial charge in [0.05, 0.1) is 17.9 Å². The third kappa shape index (κ3) is 3.76. The molecule has 6 nitrogen and oxygen atoms in total. The lowest BCUT2D eigenvalue weighted by Gasteiger charge is -2.26. The highest BCUT2D eigenvalue weighted by Crippen LogP contribution is 2.36. The van der Waals surface area contributed by atoms with E-state index in [1.165, 1.54) is 30.5 Å². The molecule has 0 saturated carbocycles. The largest absolute Gasteiger partial charge is 0.324 e. The van der Waals surface area contributed by atoms with Crippen LogP contribution in [0.5, 0.6) is 0 Å². The maximum Gasteiger partial charge on any atom is 0.266 e. The van der Waals surface area contributed by atoms with Gasteiger partial charge in [-0.1, -0.05) is 37.3 Å². The molecule has 0 bridgehead atoms. The Morgan fingerprint density at radius 3 is 2.50 bits per heavy atom. The molecule has 4 rings (SSSR count). The fraction of sp³-hybridized carbons (Fsp3) is 0.143. The van der Waals surface area contributed by atoms with E-state index in [9.17, 15) is 17.2 Å². The van der Waals surface area contributed by atoms with Gasteiger partial charge in [-0.25, -0.2) is 26.9 Å². The van der Waals surface area contributed by atoms with Crippen LogP contribution in [0.15, 0.2) is 70.7 Å².